The van der Waals surface area contributed by atoms with Gasteiger partial charge in [0.15, 0.2) is 0 Å². The van der Waals surface area contributed by atoms with E-state index in [0.717, 1.165) is 11.3 Å². The summed E-state index contributed by atoms with van der Waals surface area (Å²) in [4.78, 5) is 26.0. The van der Waals surface area contributed by atoms with Gasteiger partial charge in [-0.2, -0.15) is 0 Å². The third-order valence-corrected chi connectivity index (χ3v) is 3.96. The van der Waals surface area contributed by atoms with E-state index >= 15 is 0 Å². The third kappa shape index (κ3) is 3.24. The van der Waals surface area contributed by atoms with E-state index in [0.29, 0.717) is 19.4 Å². The van der Waals surface area contributed by atoms with E-state index < -0.39 is 11.8 Å². The fraction of sp³-hybridized carbons (Fsp3) is 0.500. The standard InChI is InChI=1S/C16H22N2O3/c1-3-12(8-9-19)17-15(20)16(21)18-10-11(2)13-6-4-5-7-14(13)18/h4-7,11-12,19H,3,8-10H2,1-2H3,(H,17,20). The van der Waals surface area contributed by atoms with Crippen LogP contribution < -0.4 is 10.2 Å². The molecule has 0 radical (unpaired) electrons. The molecule has 1 aromatic carbocycles. The van der Waals surface area contributed by atoms with Crippen molar-refractivity contribution in [2.75, 3.05) is 18.1 Å². The van der Waals surface area contributed by atoms with Crippen molar-refractivity contribution in [2.45, 2.75) is 38.6 Å². The van der Waals surface area contributed by atoms with Crippen LogP contribution in [0.25, 0.3) is 0 Å². The number of nitrogens with one attached hydrogen (secondary N) is 1. The minimum Gasteiger partial charge on any atom is -0.396 e. The summed E-state index contributed by atoms with van der Waals surface area (Å²) in [5.41, 5.74) is 1.92. The lowest BCUT2D eigenvalue weighted by Crippen LogP contribution is -2.46. The second-order valence-corrected chi connectivity index (χ2v) is 5.47. The molecule has 0 saturated heterocycles. The summed E-state index contributed by atoms with van der Waals surface area (Å²) >= 11 is 0. The number of carbonyl (C=O) groups excluding carboxylic acids is 2. The SMILES string of the molecule is CCC(CCO)NC(=O)C(=O)N1CC(C)c2ccccc21. The molecule has 2 rings (SSSR count). The molecule has 0 aromatic heterocycles. The molecule has 0 bridgehead atoms. The van der Waals surface area contributed by atoms with E-state index in [-0.39, 0.29) is 18.6 Å². The molecule has 1 aliphatic rings. The number of fused-ring (bicyclic) bond motifs is 1. The Morgan fingerprint density at radius 2 is 2.14 bits per heavy atom. The van der Waals surface area contributed by atoms with Crippen LogP contribution in [0.15, 0.2) is 24.3 Å². The van der Waals surface area contributed by atoms with E-state index in [1.54, 1.807) is 4.90 Å². The molecule has 0 fully saturated rings. The van der Waals surface area contributed by atoms with E-state index in [4.69, 9.17) is 5.11 Å². The van der Waals surface area contributed by atoms with Gasteiger partial charge in [0.05, 0.1) is 0 Å². The normalized spacial score (nSPS) is 18.2. The summed E-state index contributed by atoms with van der Waals surface area (Å²) in [6, 6.07) is 7.51. The maximum atomic E-state index is 12.4. The number of anilines is 1. The zero-order chi connectivity index (χ0) is 15.4. The van der Waals surface area contributed by atoms with Crippen molar-refractivity contribution in [1.29, 1.82) is 0 Å². The smallest absolute Gasteiger partial charge is 0.316 e. The number of hydrogen-bond acceptors (Lipinski definition) is 3. The first-order chi connectivity index (χ1) is 10.1. The van der Waals surface area contributed by atoms with Crippen LogP contribution in [0.2, 0.25) is 0 Å². The number of benzene rings is 1. The van der Waals surface area contributed by atoms with Gasteiger partial charge in [-0.25, -0.2) is 0 Å². The monoisotopic (exact) mass is 290 g/mol. The molecule has 2 unspecified atom stereocenters. The third-order valence-electron chi connectivity index (χ3n) is 3.96. The van der Waals surface area contributed by atoms with Crippen LogP contribution in [-0.2, 0) is 9.59 Å². The van der Waals surface area contributed by atoms with Gasteiger partial charge in [-0.05, 0) is 24.5 Å². The van der Waals surface area contributed by atoms with Crippen LogP contribution in [0, 0.1) is 0 Å². The van der Waals surface area contributed by atoms with Crippen molar-refractivity contribution in [3.8, 4) is 0 Å². The molecule has 1 heterocycles. The predicted octanol–water partition coefficient (Wildman–Crippen LogP) is 1.41. The number of para-hydroxylation sites is 1. The Kier molecular flexibility index (Phi) is 4.96. The van der Waals surface area contributed by atoms with E-state index in [1.165, 1.54) is 0 Å². The van der Waals surface area contributed by atoms with Gasteiger partial charge in [0.1, 0.15) is 0 Å². The van der Waals surface area contributed by atoms with Gasteiger partial charge in [-0.15, -0.1) is 0 Å². The molecule has 114 valence electrons. The van der Waals surface area contributed by atoms with Crippen molar-refractivity contribution < 1.29 is 14.7 Å². The summed E-state index contributed by atoms with van der Waals surface area (Å²) in [6.45, 7) is 4.49. The maximum absolute atomic E-state index is 12.4. The molecule has 0 aliphatic carbocycles. The van der Waals surface area contributed by atoms with Gasteiger partial charge in [0.2, 0.25) is 0 Å². The highest BCUT2D eigenvalue weighted by atomic mass is 16.3. The van der Waals surface area contributed by atoms with Gasteiger partial charge >= 0.3 is 11.8 Å². The average Bonchev–Trinajstić information content (AvgIpc) is 2.83. The van der Waals surface area contributed by atoms with E-state index in [2.05, 4.69) is 5.32 Å². The first-order valence-corrected chi connectivity index (χ1v) is 7.40. The summed E-state index contributed by atoms with van der Waals surface area (Å²) in [7, 11) is 0. The van der Waals surface area contributed by atoms with E-state index in [1.807, 2.05) is 38.1 Å². The van der Waals surface area contributed by atoms with Gasteiger partial charge < -0.3 is 15.3 Å². The van der Waals surface area contributed by atoms with Crippen LogP contribution in [0.3, 0.4) is 0 Å². The second kappa shape index (κ2) is 6.72. The highest BCUT2D eigenvalue weighted by Crippen LogP contribution is 2.35. The Hall–Kier alpha value is -1.88. The van der Waals surface area contributed by atoms with Crippen molar-refractivity contribution in [2.24, 2.45) is 0 Å². The number of aliphatic hydroxyl groups is 1. The molecule has 21 heavy (non-hydrogen) atoms. The molecule has 0 spiro atoms. The lowest BCUT2D eigenvalue weighted by Gasteiger charge is -2.20. The molecule has 0 saturated carbocycles. The summed E-state index contributed by atoms with van der Waals surface area (Å²) in [5, 5.41) is 11.6. The van der Waals surface area contributed by atoms with Gasteiger partial charge in [-0.1, -0.05) is 32.0 Å². The van der Waals surface area contributed by atoms with Crippen LogP contribution >= 0.6 is 0 Å². The summed E-state index contributed by atoms with van der Waals surface area (Å²) in [5.74, 6) is -0.889. The Bertz CT molecular complexity index is 530. The maximum Gasteiger partial charge on any atom is 0.316 e. The zero-order valence-electron chi connectivity index (χ0n) is 12.5. The average molecular weight is 290 g/mol. The largest absolute Gasteiger partial charge is 0.396 e. The second-order valence-electron chi connectivity index (χ2n) is 5.47. The number of carbonyl (C=O) groups is 2. The Labute approximate surface area is 125 Å². The molecule has 2 N–H and O–H groups in total. The van der Waals surface area contributed by atoms with E-state index in [9.17, 15) is 9.59 Å². The molecule has 5 nitrogen and oxygen atoms in total. The van der Waals surface area contributed by atoms with Gasteiger partial charge in [0, 0.05) is 30.8 Å². The quantitative estimate of drug-likeness (QED) is 0.824. The van der Waals surface area contributed by atoms with Crippen molar-refractivity contribution in [1.82, 2.24) is 5.32 Å². The van der Waals surface area contributed by atoms with Crippen LogP contribution in [0.1, 0.15) is 38.2 Å². The number of hydrogen-bond donors (Lipinski definition) is 2. The number of nitrogens with zero attached hydrogens (tertiary/aromatic N) is 1. The number of rotatable bonds is 4. The Balaban J connectivity index is 2.09. The topological polar surface area (TPSA) is 69.6 Å². The van der Waals surface area contributed by atoms with Crippen molar-refractivity contribution in [3.63, 3.8) is 0 Å². The highest BCUT2D eigenvalue weighted by molar-refractivity contribution is 6.40. The van der Waals surface area contributed by atoms with Crippen LogP contribution in [-0.4, -0.2) is 36.1 Å². The summed E-state index contributed by atoms with van der Waals surface area (Å²) in [6.07, 6.45) is 1.15. The molecular formula is C16H22N2O3. The molecular weight excluding hydrogens is 268 g/mol. The first-order valence-electron chi connectivity index (χ1n) is 7.40. The van der Waals surface area contributed by atoms with Crippen LogP contribution in [0.4, 0.5) is 5.69 Å². The number of amides is 2. The Morgan fingerprint density at radius 3 is 2.81 bits per heavy atom. The van der Waals surface area contributed by atoms with Crippen molar-refractivity contribution in [3.05, 3.63) is 29.8 Å². The zero-order valence-corrected chi connectivity index (χ0v) is 12.5. The predicted molar refractivity (Wildman–Crippen MR) is 81.1 cm³/mol. The lowest BCUT2D eigenvalue weighted by atomic mass is 10.0. The van der Waals surface area contributed by atoms with Crippen molar-refractivity contribution >= 4 is 17.5 Å². The van der Waals surface area contributed by atoms with Gasteiger partial charge in [0.25, 0.3) is 0 Å². The fourth-order valence-corrected chi connectivity index (χ4v) is 2.72. The van der Waals surface area contributed by atoms with Gasteiger partial charge in [-0.3, -0.25) is 9.59 Å². The minimum atomic E-state index is -0.598. The molecule has 1 aromatic rings. The molecule has 2 atom stereocenters. The molecule has 2 amide bonds. The first kappa shape index (κ1) is 15.5. The molecule has 1 aliphatic heterocycles. The van der Waals surface area contributed by atoms with Crippen LogP contribution in [0.5, 0.6) is 0 Å². The Morgan fingerprint density at radius 1 is 1.43 bits per heavy atom. The fourth-order valence-electron chi connectivity index (χ4n) is 2.72. The lowest BCUT2D eigenvalue weighted by molar-refractivity contribution is -0.138. The number of aliphatic hydroxyl groups excluding tert-OH is 1. The highest BCUT2D eigenvalue weighted by Gasteiger charge is 2.33. The molecule has 5 heteroatoms. The summed E-state index contributed by atoms with van der Waals surface area (Å²) < 4.78 is 0. The minimum absolute atomic E-state index is 0.00341.